The zero-order chi connectivity index (χ0) is 45.1. The highest BCUT2D eigenvalue weighted by Crippen LogP contribution is 2.47. The van der Waals surface area contributed by atoms with Gasteiger partial charge in [0, 0.05) is 0 Å². The Morgan fingerprint density at radius 1 is 0.574 bits per heavy atom. The summed E-state index contributed by atoms with van der Waals surface area (Å²) >= 11 is 0. The second-order valence-corrected chi connectivity index (χ2v) is 18.5. The van der Waals surface area contributed by atoms with Gasteiger partial charge in [0.2, 0.25) is 5.91 Å². The molecule has 1 amide bonds. The molecule has 0 radical (unpaired) electrons. The molecular formula is C47H88NO12P. The van der Waals surface area contributed by atoms with Gasteiger partial charge in [-0.3, -0.25) is 13.8 Å². The van der Waals surface area contributed by atoms with E-state index in [1.54, 1.807) is 6.08 Å². The third-order valence-electron chi connectivity index (χ3n) is 11.5. The van der Waals surface area contributed by atoms with Crippen molar-refractivity contribution in [3.63, 3.8) is 0 Å². The number of amides is 1. The molecular weight excluding hydrogens is 801 g/mol. The second-order valence-electron chi connectivity index (χ2n) is 17.1. The van der Waals surface area contributed by atoms with Crippen molar-refractivity contribution in [2.45, 2.75) is 249 Å². The molecule has 8 unspecified atom stereocenters. The lowest BCUT2D eigenvalue weighted by atomic mass is 9.85. The largest absolute Gasteiger partial charge is 0.472 e. The van der Waals surface area contributed by atoms with Crippen molar-refractivity contribution in [3.8, 4) is 0 Å². The molecule has 8 atom stereocenters. The molecule has 0 aromatic rings. The Hall–Kier alpha value is -1.48. The molecule has 1 aliphatic carbocycles. The Labute approximate surface area is 368 Å². The number of hydrogen-bond donors (Lipinski definition) is 9. The van der Waals surface area contributed by atoms with Gasteiger partial charge in [-0.15, -0.1) is 0 Å². The number of aliphatic hydroxyl groups excluding tert-OH is 7. The SMILES string of the molecule is CCCC/C=C/CC/C=C/CC/C=C/C(O)C(COP(=O)(O)OC1C(O)C(O)C(O)C(O)C1O)NC(=O)CC(O)CCCCCCCCCCCCCCCCCCCCC. The Morgan fingerprint density at radius 3 is 1.43 bits per heavy atom. The highest BCUT2D eigenvalue weighted by molar-refractivity contribution is 7.47. The van der Waals surface area contributed by atoms with Gasteiger partial charge in [-0.25, -0.2) is 4.57 Å². The van der Waals surface area contributed by atoms with Crippen molar-refractivity contribution >= 4 is 13.7 Å². The van der Waals surface area contributed by atoms with E-state index in [9.17, 15) is 50.0 Å². The Balaban J connectivity index is 2.49. The summed E-state index contributed by atoms with van der Waals surface area (Å²) in [7, 11) is -5.15. The lowest BCUT2D eigenvalue weighted by Gasteiger charge is -2.41. The predicted octanol–water partition coefficient (Wildman–Crippen LogP) is 8.14. The van der Waals surface area contributed by atoms with Crippen LogP contribution in [0.25, 0.3) is 0 Å². The summed E-state index contributed by atoms with van der Waals surface area (Å²) in [5.41, 5.74) is 0. The third kappa shape index (κ3) is 28.8. The van der Waals surface area contributed by atoms with Crippen molar-refractivity contribution in [2.24, 2.45) is 0 Å². The van der Waals surface area contributed by atoms with Crippen LogP contribution in [0.15, 0.2) is 36.5 Å². The smallest absolute Gasteiger partial charge is 0.393 e. The molecule has 1 saturated carbocycles. The highest BCUT2D eigenvalue weighted by Gasteiger charge is 2.51. The molecule has 0 aromatic heterocycles. The molecule has 1 fully saturated rings. The van der Waals surface area contributed by atoms with Crippen LogP contribution in [0.4, 0.5) is 0 Å². The Bertz CT molecular complexity index is 1190. The van der Waals surface area contributed by atoms with Gasteiger partial charge in [0.05, 0.1) is 31.3 Å². The van der Waals surface area contributed by atoms with Crippen molar-refractivity contribution in [1.29, 1.82) is 0 Å². The van der Waals surface area contributed by atoms with E-state index < -0.39 is 75.2 Å². The maximum absolute atomic E-state index is 13.0. The van der Waals surface area contributed by atoms with Crippen molar-refractivity contribution in [1.82, 2.24) is 5.32 Å². The summed E-state index contributed by atoms with van der Waals surface area (Å²) < 4.78 is 22.8. The van der Waals surface area contributed by atoms with Crippen molar-refractivity contribution in [3.05, 3.63) is 36.5 Å². The standard InChI is InChI=1S/C47H88NO12P/c1-3-5-7-9-11-13-15-17-18-19-20-21-22-23-24-26-28-30-32-34-38(49)36-41(51)48-39(40(50)35-33-31-29-27-25-16-14-12-10-8-6-4-2)37-59-61(57,58)60-47-45(55)43(53)42(52)44(54)46(47)56/h10,12,25,27,33,35,38-40,42-47,49-50,52-56H,3-9,11,13-24,26,28-32,34,36-37H2,1-2H3,(H,48,51)(H,57,58)/b12-10+,27-25+,35-33+. The molecule has 0 spiro atoms. The van der Waals surface area contributed by atoms with Crippen LogP contribution in [-0.4, -0.2) is 108 Å². The number of unbranched alkanes of at least 4 members (excludes halogenated alkanes) is 22. The lowest BCUT2D eigenvalue weighted by molar-refractivity contribution is -0.220. The van der Waals surface area contributed by atoms with Gasteiger partial charge in [0.15, 0.2) is 0 Å². The quantitative estimate of drug-likeness (QED) is 0.0162. The van der Waals surface area contributed by atoms with E-state index in [-0.39, 0.29) is 6.42 Å². The van der Waals surface area contributed by atoms with Crippen LogP contribution in [-0.2, 0) is 18.4 Å². The van der Waals surface area contributed by atoms with Crippen LogP contribution < -0.4 is 5.32 Å². The van der Waals surface area contributed by atoms with Crippen LogP contribution >= 0.6 is 7.82 Å². The number of allylic oxidation sites excluding steroid dienone is 5. The summed E-state index contributed by atoms with van der Waals surface area (Å²) in [5.74, 6) is -0.606. The van der Waals surface area contributed by atoms with Gasteiger partial charge in [0.25, 0.3) is 0 Å². The van der Waals surface area contributed by atoms with Gasteiger partial charge in [-0.1, -0.05) is 185 Å². The van der Waals surface area contributed by atoms with E-state index in [2.05, 4.69) is 37.4 Å². The van der Waals surface area contributed by atoms with Crippen LogP contribution in [0.5, 0.6) is 0 Å². The second kappa shape index (κ2) is 36.8. The molecule has 0 bridgehead atoms. The molecule has 1 aliphatic rings. The third-order valence-corrected chi connectivity index (χ3v) is 12.4. The van der Waals surface area contributed by atoms with E-state index in [1.165, 1.54) is 115 Å². The zero-order valence-electron chi connectivity index (χ0n) is 37.8. The lowest BCUT2D eigenvalue weighted by Crippen LogP contribution is -2.64. The van der Waals surface area contributed by atoms with Crippen molar-refractivity contribution in [2.75, 3.05) is 6.61 Å². The zero-order valence-corrected chi connectivity index (χ0v) is 38.7. The molecule has 0 heterocycles. The van der Waals surface area contributed by atoms with E-state index in [0.29, 0.717) is 19.3 Å². The minimum atomic E-state index is -5.15. The molecule has 13 nitrogen and oxygen atoms in total. The van der Waals surface area contributed by atoms with Gasteiger partial charge < -0.3 is 46.0 Å². The molecule has 1 rings (SSSR count). The summed E-state index contributed by atoms with van der Waals surface area (Å²) in [4.78, 5) is 23.4. The topological polar surface area (TPSA) is 226 Å². The highest BCUT2D eigenvalue weighted by atomic mass is 31.2. The van der Waals surface area contributed by atoms with Gasteiger partial charge in [-0.05, 0) is 38.5 Å². The summed E-state index contributed by atoms with van der Waals surface area (Å²) in [5, 5.41) is 74.4. The molecule has 0 aliphatic heterocycles. The first kappa shape index (κ1) is 57.5. The summed E-state index contributed by atoms with van der Waals surface area (Å²) in [6.07, 6.45) is 28.2. The van der Waals surface area contributed by atoms with Crippen molar-refractivity contribution < 1.29 is 59.0 Å². The number of nitrogens with one attached hydrogen (secondary N) is 1. The minimum absolute atomic E-state index is 0.254. The fourth-order valence-electron chi connectivity index (χ4n) is 7.49. The fourth-order valence-corrected chi connectivity index (χ4v) is 8.46. The molecule has 0 saturated heterocycles. The van der Waals surface area contributed by atoms with Crippen LogP contribution in [0, 0.1) is 0 Å². The fraction of sp³-hybridized carbons (Fsp3) is 0.851. The Morgan fingerprint density at radius 2 is 0.967 bits per heavy atom. The first-order valence-electron chi connectivity index (χ1n) is 24.0. The number of hydrogen-bond acceptors (Lipinski definition) is 11. The number of carbonyl (C=O) groups excluding carboxylic acids is 1. The van der Waals surface area contributed by atoms with Crippen LogP contribution in [0.2, 0.25) is 0 Å². The van der Waals surface area contributed by atoms with Gasteiger partial charge in [-0.2, -0.15) is 0 Å². The normalized spacial score (nSPS) is 23.5. The molecule has 358 valence electrons. The maximum atomic E-state index is 13.0. The first-order valence-corrected chi connectivity index (χ1v) is 25.5. The minimum Gasteiger partial charge on any atom is -0.393 e. The molecule has 0 aromatic carbocycles. The summed E-state index contributed by atoms with van der Waals surface area (Å²) in [6, 6.07) is -1.26. The van der Waals surface area contributed by atoms with Crippen LogP contribution in [0.1, 0.15) is 194 Å². The average Bonchev–Trinajstić information content (AvgIpc) is 3.23. The van der Waals surface area contributed by atoms with E-state index >= 15 is 0 Å². The van der Waals surface area contributed by atoms with Gasteiger partial charge >= 0.3 is 7.82 Å². The molecule has 14 heteroatoms. The number of phosphoric ester groups is 1. The summed E-state index contributed by atoms with van der Waals surface area (Å²) in [6.45, 7) is 3.67. The molecule has 9 N–H and O–H groups in total. The number of rotatable bonds is 39. The maximum Gasteiger partial charge on any atom is 0.472 e. The van der Waals surface area contributed by atoms with Gasteiger partial charge in [0.1, 0.15) is 36.6 Å². The first-order chi connectivity index (χ1) is 29.3. The van der Waals surface area contributed by atoms with E-state index in [1.807, 2.05) is 6.08 Å². The number of carbonyl (C=O) groups is 1. The molecule has 61 heavy (non-hydrogen) atoms. The predicted molar refractivity (Wildman–Crippen MR) is 243 cm³/mol. The average molecular weight is 890 g/mol. The van der Waals surface area contributed by atoms with E-state index in [4.69, 9.17) is 9.05 Å². The monoisotopic (exact) mass is 890 g/mol. The Kier molecular flexibility index (Phi) is 34.7. The number of phosphoric acid groups is 1. The van der Waals surface area contributed by atoms with Crippen LogP contribution in [0.3, 0.4) is 0 Å². The van der Waals surface area contributed by atoms with E-state index in [0.717, 1.165) is 44.9 Å². The number of aliphatic hydroxyl groups is 7.